The van der Waals surface area contributed by atoms with Crippen molar-refractivity contribution in [3.8, 4) is 17.2 Å². The highest BCUT2D eigenvalue weighted by Crippen LogP contribution is 2.32. The van der Waals surface area contributed by atoms with Gasteiger partial charge in [0, 0.05) is 34.2 Å². The molecule has 1 amide bonds. The smallest absolute Gasteiger partial charge is 0.337 e. The Kier molecular flexibility index (Phi) is 7.94. The van der Waals surface area contributed by atoms with Crippen LogP contribution in [0.5, 0.6) is 0 Å². The quantitative estimate of drug-likeness (QED) is 0.268. The fraction of sp³-hybridized carbons (Fsp3) is 0.0667. The van der Waals surface area contributed by atoms with Crippen LogP contribution < -0.4 is 5.32 Å². The third kappa shape index (κ3) is 5.74. The largest absolute Gasteiger partial charge is 0.478 e. The molecule has 0 unspecified atom stereocenters. The van der Waals surface area contributed by atoms with Gasteiger partial charge < -0.3 is 10.4 Å². The molecule has 2 N–H and O–H groups in total. The van der Waals surface area contributed by atoms with Crippen LogP contribution in [-0.4, -0.2) is 33.2 Å². The van der Waals surface area contributed by atoms with Crippen molar-refractivity contribution in [2.24, 2.45) is 0 Å². The predicted molar refractivity (Wildman–Crippen MR) is 149 cm³/mol. The van der Waals surface area contributed by atoms with Crippen LogP contribution in [0.4, 0.5) is 5.69 Å². The van der Waals surface area contributed by atoms with Crippen molar-refractivity contribution in [2.45, 2.75) is 13.8 Å². The van der Waals surface area contributed by atoms with E-state index in [1.54, 1.807) is 48.7 Å². The molecule has 0 aliphatic carbocycles. The van der Waals surface area contributed by atoms with Gasteiger partial charge in [-0.05, 0) is 78.6 Å². The molecule has 2 aromatic carbocycles. The Morgan fingerprint density at radius 2 is 1.82 bits per heavy atom. The standard InChI is InChI=1S/C30H21ClN4O4/c1-17-12-19(25(31)13-21(17)16-36)6-8-27-24(14-32)23(10-11-33-27)22-4-3-5-26(18(22)2)35-29(37)28-9-7-20(15-34-28)30(38)39/h3-13,15-16H,1-2H3,(H,35,37)(H,38,39)/b8-6+. The fourth-order valence-corrected chi connectivity index (χ4v) is 4.23. The van der Waals surface area contributed by atoms with Crippen LogP contribution in [0.2, 0.25) is 5.02 Å². The number of carboxylic acids is 1. The number of benzene rings is 2. The van der Waals surface area contributed by atoms with Crippen LogP contribution in [0.1, 0.15) is 59.2 Å². The second kappa shape index (κ2) is 11.5. The van der Waals surface area contributed by atoms with Crippen LogP contribution in [0.15, 0.2) is 60.9 Å². The minimum absolute atomic E-state index is 0.0216. The van der Waals surface area contributed by atoms with E-state index in [0.717, 1.165) is 23.6 Å². The van der Waals surface area contributed by atoms with E-state index < -0.39 is 11.9 Å². The first kappa shape index (κ1) is 26.9. The number of aromatic carboxylic acids is 1. The Bertz CT molecular complexity index is 1690. The molecule has 0 atom stereocenters. The molecular weight excluding hydrogens is 516 g/mol. The van der Waals surface area contributed by atoms with Gasteiger partial charge in [-0.25, -0.2) is 4.79 Å². The summed E-state index contributed by atoms with van der Waals surface area (Å²) >= 11 is 6.33. The van der Waals surface area contributed by atoms with Gasteiger partial charge in [0.1, 0.15) is 18.0 Å². The van der Waals surface area contributed by atoms with Crippen molar-refractivity contribution in [1.82, 2.24) is 9.97 Å². The van der Waals surface area contributed by atoms with Gasteiger partial charge in [0.05, 0.1) is 16.8 Å². The third-order valence-corrected chi connectivity index (χ3v) is 6.47. The second-order valence-corrected chi connectivity index (χ2v) is 8.99. The van der Waals surface area contributed by atoms with E-state index in [9.17, 15) is 19.6 Å². The van der Waals surface area contributed by atoms with E-state index in [0.29, 0.717) is 44.2 Å². The molecule has 39 heavy (non-hydrogen) atoms. The molecule has 0 aliphatic heterocycles. The number of carbonyl (C=O) groups is 3. The lowest BCUT2D eigenvalue weighted by molar-refractivity contribution is 0.0695. The minimum atomic E-state index is -1.13. The van der Waals surface area contributed by atoms with E-state index in [2.05, 4.69) is 21.4 Å². The lowest BCUT2D eigenvalue weighted by atomic mass is 9.94. The Labute approximate surface area is 229 Å². The molecule has 2 heterocycles. The van der Waals surface area contributed by atoms with Gasteiger partial charge in [-0.3, -0.25) is 19.6 Å². The van der Waals surface area contributed by atoms with Gasteiger partial charge in [0.15, 0.2) is 0 Å². The van der Waals surface area contributed by atoms with Crippen molar-refractivity contribution in [3.05, 3.63) is 111 Å². The summed E-state index contributed by atoms with van der Waals surface area (Å²) in [5, 5.41) is 22.3. The number of amides is 1. The zero-order valence-electron chi connectivity index (χ0n) is 20.9. The molecule has 8 nitrogen and oxygen atoms in total. The predicted octanol–water partition coefficient (Wildman–Crippen LogP) is 6.22. The molecule has 0 saturated carbocycles. The van der Waals surface area contributed by atoms with Crippen LogP contribution in [0, 0.1) is 25.2 Å². The molecular formula is C30H21ClN4O4. The number of carbonyl (C=O) groups excluding carboxylic acids is 2. The molecule has 0 bridgehead atoms. The first-order chi connectivity index (χ1) is 18.7. The minimum Gasteiger partial charge on any atom is -0.478 e. The zero-order chi connectivity index (χ0) is 28.1. The molecule has 9 heteroatoms. The number of nitrogens with zero attached hydrogens (tertiary/aromatic N) is 3. The number of aryl methyl sites for hydroxylation is 1. The Hall–Kier alpha value is -5.13. The van der Waals surface area contributed by atoms with E-state index in [1.807, 2.05) is 19.9 Å². The number of halogens is 1. The van der Waals surface area contributed by atoms with E-state index in [4.69, 9.17) is 16.7 Å². The van der Waals surface area contributed by atoms with Crippen LogP contribution >= 0.6 is 11.6 Å². The number of aldehydes is 1. The van der Waals surface area contributed by atoms with Gasteiger partial charge in [0.2, 0.25) is 0 Å². The average molecular weight is 537 g/mol. The Morgan fingerprint density at radius 3 is 2.49 bits per heavy atom. The maximum Gasteiger partial charge on any atom is 0.337 e. The highest BCUT2D eigenvalue weighted by molar-refractivity contribution is 6.32. The third-order valence-electron chi connectivity index (χ3n) is 6.14. The highest BCUT2D eigenvalue weighted by atomic mass is 35.5. The summed E-state index contributed by atoms with van der Waals surface area (Å²) in [5.41, 5.74) is 5.35. The molecule has 4 aromatic rings. The second-order valence-electron chi connectivity index (χ2n) is 8.58. The number of hydrogen-bond acceptors (Lipinski definition) is 6. The number of pyridine rings is 2. The van der Waals surface area contributed by atoms with Gasteiger partial charge in [-0.1, -0.05) is 29.8 Å². The average Bonchev–Trinajstić information content (AvgIpc) is 2.94. The number of nitrogens with one attached hydrogen (secondary N) is 1. The van der Waals surface area contributed by atoms with Crippen LogP contribution in [-0.2, 0) is 0 Å². The number of hydrogen-bond donors (Lipinski definition) is 2. The molecule has 0 saturated heterocycles. The maximum absolute atomic E-state index is 12.8. The summed E-state index contributed by atoms with van der Waals surface area (Å²) < 4.78 is 0. The van der Waals surface area contributed by atoms with E-state index in [-0.39, 0.29) is 11.3 Å². The topological polar surface area (TPSA) is 133 Å². The first-order valence-electron chi connectivity index (χ1n) is 11.7. The summed E-state index contributed by atoms with van der Waals surface area (Å²) in [4.78, 5) is 43.3. The van der Waals surface area contributed by atoms with Crippen molar-refractivity contribution in [3.63, 3.8) is 0 Å². The fourth-order valence-electron chi connectivity index (χ4n) is 3.99. The van der Waals surface area contributed by atoms with E-state index >= 15 is 0 Å². The monoisotopic (exact) mass is 536 g/mol. The molecule has 0 radical (unpaired) electrons. The summed E-state index contributed by atoms with van der Waals surface area (Å²) in [7, 11) is 0. The Morgan fingerprint density at radius 1 is 1.03 bits per heavy atom. The van der Waals surface area contributed by atoms with Crippen LogP contribution in [0.3, 0.4) is 0 Å². The van der Waals surface area contributed by atoms with Crippen molar-refractivity contribution >= 4 is 47.6 Å². The number of rotatable bonds is 7. The zero-order valence-corrected chi connectivity index (χ0v) is 21.7. The lowest BCUT2D eigenvalue weighted by Gasteiger charge is -2.14. The van der Waals surface area contributed by atoms with Gasteiger partial charge in [-0.2, -0.15) is 5.26 Å². The SMILES string of the molecule is Cc1cc(/C=C/c2nccc(-c3cccc(NC(=O)c4ccc(C(=O)O)cn4)c3C)c2C#N)c(Cl)cc1C=O. The lowest BCUT2D eigenvalue weighted by Crippen LogP contribution is -2.15. The summed E-state index contributed by atoms with van der Waals surface area (Å²) in [6, 6.07) is 15.3. The Balaban J connectivity index is 1.67. The van der Waals surface area contributed by atoms with Crippen molar-refractivity contribution in [2.75, 3.05) is 5.32 Å². The number of carboxylic acid groups (broad SMARTS) is 1. The molecule has 0 fully saturated rings. The molecule has 4 rings (SSSR count). The van der Waals surface area contributed by atoms with Crippen molar-refractivity contribution in [1.29, 1.82) is 5.26 Å². The van der Waals surface area contributed by atoms with E-state index in [1.165, 1.54) is 12.1 Å². The summed E-state index contributed by atoms with van der Waals surface area (Å²) in [6.45, 7) is 3.63. The maximum atomic E-state index is 12.8. The molecule has 192 valence electrons. The molecule has 2 aromatic heterocycles. The summed E-state index contributed by atoms with van der Waals surface area (Å²) in [5.74, 6) is -1.63. The van der Waals surface area contributed by atoms with Gasteiger partial charge in [-0.15, -0.1) is 0 Å². The number of nitriles is 1. The molecule has 0 aliphatic rings. The van der Waals surface area contributed by atoms with Gasteiger partial charge in [0.25, 0.3) is 5.91 Å². The normalized spacial score (nSPS) is 10.7. The van der Waals surface area contributed by atoms with Crippen LogP contribution in [0.25, 0.3) is 23.3 Å². The number of aromatic nitrogens is 2. The molecule has 0 spiro atoms. The van der Waals surface area contributed by atoms with Gasteiger partial charge >= 0.3 is 5.97 Å². The number of anilines is 1. The highest BCUT2D eigenvalue weighted by Gasteiger charge is 2.16. The first-order valence-corrected chi connectivity index (χ1v) is 12.0. The van der Waals surface area contributed by atoms with Crippen molar-refractivity contribution < 1.29 is 19.5 Å². The summed E-state index contributed by atoms with van der Waals surface area (Å²) in [6.07, 6.45) is 6.89.